The quantitative estimate of drug-likeness (QED) is 0.542. The van der Waals surface area contributed by atoms with Crippen LogP contribution in [0.2, 0.25) is 0 Å². The third-order valence-corrected chi connectivity index (χ3v) is 0.896. The second-order valence-electron chi connectivity index (χ2n) is 1.93. The predicted molar refractivity (Wildman–Crippen MR) is 37.3 cm³/mol. The van der Waals surface area contributed by atoms with Crippen LogP contribution in [0.25, 0.3) is 0 Å². The summed E-state index contributed by atoms with van der Waals surface area (Å²) in [6.45, 7) is 4.78. The maximum absolute atomic E-state index is 5.46. The highest BCUT2D eigenvalue weighted by atomic mass is 14.7. The van der Waals surface area contributed by atoms with Crippen LogP contribution in [0.4, 0.5) is 0 Å². The third-order valence-electron chi connectivity index (χ3n) is 0.896. The minimum Gasteiger partial charge on any atom is -0.328 e. The fourth-order valence-electron chi connectivity index (χ4n) is 0.407. The molecule has 0 aliphatic heterocycles. The molecule has 0 aromatic rings. The average molecular weight is 114 g/mol. The van der Waals surface area contributed by atoms with Gasteiger partial charge >= 0.3 is 0 Å². The van der Waals surface area contributed by atoms with Crippen molar-refractivity contribution in [1.82, 2.24) is 0 Å². The summed E-state index contributed by atoms with van der Waals surface area (Å²) >= 11 is 0. The summed E-state index contributed by atoms with van der Waals surface area (Å²) in [6, 6.07) is 0.290. The standard InChI is InChI=1S/C6H14N2/c1-3-8-5-4-6(2)7/h3,6H,4-5,7H2,1-2H3. The molecule has 0 saturated carbocycles. The van der Waals surface area contributed by atoms with E-state index in [0.717, 1.165) is 13.0 Å². The van der Waals surface area contributed by atoms with Gasteiger partial charge < -0.3 is 5.73 Å². The van der Waals surface area contributed by atoms with Gasteiger partial charge in [0.05, 0.1) is 0 Å². The largest absolute Gasteiger partial charge is 0.328 e. The summed E-state index contributed by atoms with van der Waals surface area (Å²) < 4.78 is 0. The summed E-state index contributed by atoms with van der Waals surface area (Å²) in [6.07, 6.45) is 2.80. The molecule has 0 rings (SSSR count). The molecule has 0 saturated heterocycles. The number of nitrogens with zero attached hydrogens (tertiary/aromatic N) is 1. The molecule has 2 nitrogen and oxygen atoms in total. The summed E-state index contributed by atoms with van der Waals surface area (Å²) in [5, 5.41) is 0. The predicted octanol–water partition coefficient (Wildman–Crippen LogP) is 0.814. The Labute approximate surface area is 50.8 Å². The molecule has 2 N–H and O–H groups in total. The van der Waals surface area contributed by atoms with E-state index in [0.29, 0.717) is 6.04 Å². The Hall–Kier alpha value is -0.370. The molecule has 48 valence electrons. The van der Waals surface area contributed by atoms with Crippen molar-refractivity contribution in [2.24, 2.45) is 10.7 Å². The minimum atomic E-state index is 0.290. The maximum atomic E-state index is 5.46. The molecule has 1 atom stereocenters. The van der Waals surface area contributed by atoms with E-state index in [1.54, 1.807) is 0 Å². The first-order chi connectivity index (χ1) is 3.77. The molecular formula is C6H14N2. The summed E-state index contributed by atoms with van der Waals surface area (Å²) in [4.78, 5) is 4.01. The Kier molecular flexibility index (Phi) is 4.56. The highest BCUT2D eigenvalue weighted by molar-refractivity contribution is 5.53. The lowest BCUT2D eigenvalue weighted by molar-refractivity contribution is 0.678. The zero-order valence-corrected chi connectivity index (χ0v) is 5.59. The Morgan fingerprint density at radius 2 is 2.38 bits per heavy atom. The number of hydrogen-bond acceptors (Lipinski definition) is 2. The molecule has 0 fully saturated rings. The van der Waals surface area contributed by atoms with Crippen molar-refractivity contribution in [3.8, 4) is 0 Å². The topological polar surface area (TPSA) is 38.4 Å². The monoisotopic (exact) mass is 114 g/mol. The van der Waals surface area contributed by atoms with Gasteiger partial charge in [0.25, 0.3) is 0 Å². The molecular weight excluding hydrogens is 100 g/mol. The zero-order chi connectivity index (χ0) is 6.41. The highest BCUT2D eigenvalue weighted by Gasteiger charge is 1.88. The van der Waals surface area contributed by atoms with E-state index in [1.165, 1.54) is 0 Å². The maximum Gasteiger partial charge on any atom is 0.0399 e. The van der Waals surface area contributed by atoms with Gasteiger partial charge in [-0.2, -0.15) is 0 Å². The fraction of sp³-hybridized carbons (Fsp3) is 0.833. The minimum absolute atomic E-state index is 0.290. The summed E-state index contributed by atoms with van der Waals surface area (Å²) in [5.41, 5.74) is 5.46. The first-order valence-electron chi connectivity index (χ1n) is 2.97. The van der Waals surface area contributed by atoms with Crippen LogP contribution in [-0.2, 0) is 0 Å². The van der Waals surface area contributed by atoms with Crippen LogP contribution < -0.4 is 5.73 Å². The Balaban J connectivity index is 2.93. The van der Waals surface area contributed by atoms with Gasteiger partial charge in [-0.25, -0.2) is 0 Å². The van der Waals surface area contributed by atoms with Gasteiger partial charge in [0, 0.05) is 12.6 Å². The van der Waals surface area contributed by atoms with Gasteiger partial charge in [0.1, 0.15) is 0 Å². The second-order valence-corrected chi connectivity index (χ2v) is 1.93. The SMILES string of the molecule is CC=NCCC(C)N. The zero-order valence-electron chi connectivity index (χ0n) is 5.59. The van der Waals surface area contributed by atoms with Gasteiger partial charge in [-0.1, -0.05) is 0 Å². The number of aliphatic imine (C=N–C) groups is 1. The third kappa shape index (κ3) is 5.63. The molecule has 0 aromatic heterocycles. The number of nitrogens with two attached hydrogens (primary N) is 1. The van der Waals surface area contributed by atoms with Crippen molar-refractivity contribution in [2.75, 3.05) is 6.54 Å². The average Bonchev–Trinajstić information content (AvgIpc) is 1.66. The van der Waals surface area contributed by atoms with E-state index in [-0.39, 0.29) is 0 Å². The lowest BCUT2D eigenvalue weighted by atomic mass is 10.3. The molecule has 0 aliphatic carbocycles. The van der Waals surface area contributed by atoms with E-state index in [1.807, 2.05) is 20.1 Å². The molecule has 0 amide bonds. The Bertz CT molecular complexity index is 66.9. The van der Waals surface area contributed by atoms with Crippen LogP contribution in [0.15, 0.2) is 4.99 Å². The Morgan fingerprint density at radius 3 is 2.75 bits per heavy atom. The van der Waals surface area contributed by atoms with Crippen LogP contribution in [-0.4, -0.2) is 18.8 Å². The van der Waals surface area contributed by atoms with Crippen molar-refractivity contribution in [3.05, 3.63) is 0 Å². The van der Waals surface area contributed by atoms with Crippen LogP contribution in [0.1, 0.15) is 20.3 Å². The highest BCUT2D eigenvalue weighted by Crippen LogP contribution is 1.84. The molecule has 8 heavy (non-hydrogen) atoms. The lowest BCUT2D eigenvalue weighted by Crippen LogP contribution is -2.15. The van der Waals surface area contributed by atoms with Crippen LogP contribution in [0.5, 0.6) is 0 Å². The molecule has 0 heterocycles. The van der Waals surface area contributed by atoms with Crippen molar-refractivity contribution in [3.63, 3.8) is 0 Å². The van der Waals surface area contributed by atoms with E-state index < -0.39 is 0 Å². The van der Waals surface area contributed by atoms with Gasteiger partial charge in [-0.3, -0.25) is 4.99 Å². The molecule has 0 radical (unpaired) electrons. The van der Waals surface area contributed by atoms with Crippen molar-refractivity contribution < 1.29 is 0 Å². The molecule has 1 unspecified atom stereocenters. The number of rotatable bonds is 3. The van der Waals surface area contributed by atoms with Crippen molar-refractivity contribution >= 4 is 6.21 Å². The van der Waals surface area contributed by atoms with Crippen LogP contribution in [0.3, 0.4) is 0 Å². The lowest BCUT2D eigenvalue weighted by Gasteiger charge is -1.98. The molecule has 0 aliphatic rings. The second kappa shape index (κ2) is 4.78. The molecule has 0 bridgehead atoms. The molecule has 0 aromatic carbocycles. The van der Waals surface area contributed by atoms with Gasteiger partial charge in [-0.05, 0) is 26.5 Å². The van der Waals surface area contributed by atoms with E-state index in [9.17, 15) is 0 Å². The first kappa shape index (κ1) is 7.63. The normalized spacial score (nSPS) is 14.9. The van der Waals surface area contributed by atoms with Gasteiger partial charge in [-0.15, -0.1) is 0 Å². The smallest absolute Gasteiger partial charge is 0.0399 e. The summed E-state index contributed by atoms with van der Waals surface area (Å²) in [7, 11) is 0. The number of hydrogen-bond donors (Lipinski definition) is 1. The van der Waals surface area contributed by atoms with Crippen molar-refractivity contribution in [1.29, 1.82) is 0 Å². The van der Waals surface area contributed by atoms with Gasteiger partial charge in [0.15, 0.2) is 0 Å². The van der Waals surface area contributed by atoms with E-state index >= 15 is 0 Å². The fourth-order valence-corrected chi connectivity index (χ4v) is 0.407. The Morgan fingerprint density at radius 1 is 1.75 bits per heavy atom. The van der Waals surface area contributed by atoms with E-state index in [2.05, 4.69) is 4.99 Å². The molecule has 2 heteroatoms. The van der Waals surface area contributed by atoms with Crippen LogP contribution in [0, 0.1) is 0 Å². The van der Waals surface area contributed by atoms with Gasteiger partial charge in [0.2, 0.25) is 0 Å². The van der Waals surface area contributed by atoms with E-state index in [4.69, 9.17) is 5.73 Å². The first-order valence-corrected chi connectivity index (χ1v) is 2.97. The molecule has 0 spiro atoms. The van der Waals surface area contributed by atoms with Crippen LogP contribution >= 0.6 is 0 Å². The van der Waals surface area contributed by atoms with Crippen molar-refractivity contribution in [2.45, 2.75) is 26.3 Å². The summed E-state index contributed by atoms with van der Waals surface area (Å²) in [5.74, 6) is 0.